The number of sulfonamides is 1. The molecule has 3 rings (SSSR count). The summed E-state index contributed by atoms with van der Waals surface area (Å²) in [7, 11) is -1.95. The number of alkyl carbamates (subject to hydrolysis) is 1. The topological polar surface area (TPSA) is 93.7 Å². The molecule has 1 saturated carbocycles. The predicted octanol–water partition coefficient (Wildman–Crippen LogP) is 2.98. The number of carbonyl (C=O) groups is 1. The molecule has 27 heavy (non-hydrogen) atoms. The van der Waals surface area contributed by atoms with Gasteiger partial charge in [0.2, 0.25) is 10.0 Å². The van der Waals surface area contributed by atoms with Crippen LogP contribution in [-0.4, -0.2) is 27.9 Å². The van der Waals surface area contributed by atoms with Crippen LogP contribution in [0.25, 0.3) is 0 Å². The molecule has 0 saturated heterocycles. The van der Waals surface area contributed by atoms with Gasteiger partial charge in [0, 0.05) is 0 Å². The fraction of sp³-hybridized carbons (Fsp3) is 0.316. The third kappa shape index (κ3) is 4.91. The molecule has 7 nitrogen and oxygen atoms in total. The van der Waals surface area contributed by atoms with Gasteiger partial charge in [-0.2, -0.15) is 0 Å². The molecule has 0 spiro atoms. The van der Waals surface area contributed by atoms with E-state index >= 15 is 0 Å². The molecule has 0 aromatic heterocycles. The summed E-state index contributed by atoms with van der Waals surface area (Å²) in [5.41, 5.74) is 1.60. The summed E-state index contributed by atoms with van der Waals surface area (Å²) in [5, 5.41) is 2.92. The van der Waals surface area contributed by atoms with E-state index in [0.717, 1.165) is 30.2 Å². The summed E-state index contributed by atoms with van der Waals surface area (Å²) in [5.74, 6) is 0.392. The van der Waals surface area contributed by atoms with Gasteiger partial charge in [-0.3, -0.25) is 4.72 Å². The van der Waals surface area contributed by atoms with Gasteiger partial charge in [-0.25, -0.2) is 13.2 Å². The Morgan fingerprint density at radius 2 is 1.85 bits per heavy atom. The smallest absolute Gasteiger partial charge is 0.408 e. The number of ether oxygens (including phenoxy) is 2. The van der Waals surface area contributed by atoms with Crippen LogP contribution in [0.15, 0.2) is 48.5 Å². The first-order valence-corrected chi connectivity index (χ1v) is 10.4. The summed E-state index contributed by atoms with van der Waals surface area (Å²) < 4.78 is 35.9. The lowest BCUT2D eigenvalue weighted by atomic mass is 10.0. The summed E-state index contributed by atoms with van der Waals surface area (Å²) in [6, 6.07) is 14.6. The normalized spacial score (nSPS) is 14.9. The minimum atomic E-state index is -3.41. The Hall–Kier alpha value is -2.74. The SMILES string of the molecule is COc1cc(C2(NC(=O)OCc3ccccc3)CC2)ccc1NS(C)(=O)=O. The molecule has 0 aliphatic heterocycles. The maximum atomic E-state index is 12.2. The van der Waals surface area contributed by atoms with Crippen LogP contribution < -0.4 is 14.8 Å². The van der Waals surface area contributed by atoms with Gasteiger partial charge in [0.05, 0.1) is 24.6 Å². The van der Waals surface area contributed by atoms with Gasteiger partial charge in [0.25, 0.3) is 0 Å². The van der Waals surface area contributed by atoms with Crippen LogP contribution in [0.3, 0.4) is 0 Å². The van der Waals surface area contributed by atoms with Crippen LogP contribution in [0.1, 0.15) is 24.0 Å². The highest BCUT2D eigenvalue weighted by Crippen LogP contribution is 2.47. The van der Waals surface area contributed by atoms with Crippen molar-refractivity contribution in [1.82, 2.24) is 5.32 Å². The van der Waals surface area contributed by atoms with Crippen molar-refractivity contribution >= 4 is 21.8 Å². The number of amides is 1. The van der Waals surface area contributed by atoms with E-state index in [1.807, 2.05) is 30.3 Å². The first-order chi connectivity index (χ1) is 12.8. The highest BCUT2D eigenvalue weighted by molar-refractivity contribution is 7.92. The van der Waals surface area contributed by atoms with Gasteiger partial charge in [0.15, 0.2) is 0 Å². The van der Waals surface area contributed by atoms with Crippen molar-refractivity contribution < 1.29 is 22.7 Å². The van der Waals surface area contributed by atoms with Crippen molar-refractivity contribution in [2.75, 3.05) is 18.1 Å². The second kappa shape index (κ2) is 7.48. The van der Waals surface area contributed by atoms with Crippen LogP contribution >= 0.6 is 0 Å². The monoisotopic (exact) mass is 390 g/mol. The molecule has 2 aromatic rings. The molecule has 1 amide bonds. The van der Waals surface area contributed by atoms with E-state index < -0.39 is 21.7 Å². The Balaban J connectivity index is 1.69. The average molecular weight is 390 g/mol. The molecule has 0 radical (unpaired) electrons. The van der Waals surface area contributed by atoms with Gasteiger partial charge in [0.1, 0.15) is 12.4 Å². The quantitative estimate of drug-likeness (QED) is 0.758. The predicted molar refractivity (Wildman–Crippen MR) is 102 cm³/mol. The first kappa shape index (κ1) is 19.0. The van der Waals surface area contributed by atoms with E-state index in [0.29, 0.717) is 11.4 Å². The van der Waals surface area contributed by atoms with Crippen LogP contribution in [0.2, 0.25) is 0 Å². The zero-order chi connectivity index (χ0) is 19.5. The first-order valence-electron chi connectivity index (χ1n) is 8.46. The average Bonchev–Trinajstić information content (AvgIpc) is 3.40. The maximum Gasteiger partial charge on any atom is 0.408 e. The van der Waals surface area contributed by atoms with Crippen LogP contribution in [0, 0.1) is 0 Å². The van der Waals surface area contributed by atoms with Gasteiger partial charge in [-0.05, 0) is 36.1 Å². The number of nitrogens with one attached hydrogen (secondary N) is 2. The number of carbonyl (C=O) groups excluding carboxylic acids is 1. The number of hydrogen-bond acceptors (Lipinski definition) is 5. The number of benzene rings is 2. The number of anilines is 1. The molecule has 0 atom stereocenters. The molecule has 2 N–H and O–H groups in total. The largest absolute Gasteiger partial charge is 0.495 e. The number of rotatable bonds is 7. The molecule has 1 aliphatic carbocycles. The lowest BCUT2D eigenvalue weighted by molar-refractivity contribution is 0.134. The number of methoxy groups -OCH3 is 1. The summed E-state index contributed by atoms with van der Waals surface area (Å²) in [6.07, 6.45) is 2.13. The van der Waals surface area contributed by atoms with E-state index in [-0.39, 0.29) is 6.61 Å². The van der Waals surface area contributed by atoms with Gasteiger partial charge < -0.3 is 14.8 Å². The Labute approximate surface area is 158 Å². The van der Waals surface area contributed by atoms with E-state index in [9.17, 15) is 13.2 Å². The Kier molecular flexibility index (Phi) is 5.27. The Morgan fingerprint density at radius 3 is 2.44 bits per heavy atom. The van der Waals surface area contributed by atoms with Crippen molar-refractivity contribution in [2.45, 2.75) is 25.0 Å². The highest BCUT2D eigenvalue weighted by atomic mass is 32.2. The summed E-state index contributed by atoms with van der Waals surface area (Å²) in [6.45, 7) is 0.198. The molecule has 0 unspecified atom stereocenters. The van der Waals surface area contributed by atoms with Gasteiger partial charge >= 0.3 is 6.09 Å². The second-order valence-corrected chi connectivity index (χ2v) is 8.31. The zero-order valence-corrected chi connectivity index (χ0v) is 16.0. The molecule has 2 aromatic carbocycles. The van der Waals surface area contributed by atoms with E-state index in [2.05, 4.69) is 10.0 Å². The van der Waals surface area contributed by atoms with Crippen LogP contribution in [-0.2, 0) is 26.9 Å². The molecule has 1 aliphatic rings. The summed E-state index contributed by atoms with van der Waals surface area (Å²) >= 11 is 0. The molecule has 144 valence electrons. The highest BCUT2D eigenvalue weighted by Gasteiger charge is 2.46. The maximum absolute atomic E-state index is 12.2. The molecular weight excluding hydrogens is 368 g/mol. The van der Waals surface area contributed by atoms with E-state index in [1.54, 1.807) is 18.2 Å². The fourth-order valence-corrected chi connectivity index (χ4v) is 3.41. The van der Waals surface area contributed by atoms with Crippen molar-refractivity contribution in [3.05, 3.63) is 59.7 Å². The lowest BCUT2D eigenvalue weighted by Gasteiger charge is -2.20. The van der Waals surface area contributed by atoms with Crippen molar-refractivity contribution in [3.63, 3.8) is 0 Å². The van der Waals surface area contributed by atoms with Crippen molar-refractivity contribution in [2.24, 2.45) is 0 Å². The van der Waals surface area contributed by atoms with Crippen LogP contribution in [0.4, 0.5) is 10.5 Å². The second-order valence-electron chi connectivity index (χ2n) is 6.56. The molecule has 0 heterocycles. The van der Waals surface area contributed by atoms with Crippen molar-refractivity contribution in [1.29, 1.82) is 0 Å². The molecule has 1 fully saturated rings. The third-order valence-electron chi connectivity index (χ3n) is 4.35. The molecule has 0 bridgehead atoms. The van der Waals surface area contributed by atoms with Crippen molar-refractivity contribution in [3.8, 4) is 5.75 Å². The van der Waals surface area contributed by atoms with Gasteiger partial charge in [-0.15, -0.1) is 0 Å². The standard InChI is InChI=1S/C19H22N2O5S/c1-25-17-12-15(8-9-16(17)21-27(2,23)24)19(10-11-19)20-18(22)26-13-14-6-4-3-5-7-14/h3-9,12,21H,10-11,13H2,1-2H3,(H,20,22). The Bertz CT molecular complexity index is 924. The summed E-state index contributed by atoms with van der Waals surface area (Å²) in [4.78, 5) is 12.2. The minimum Gasteiger partial charge on any atom is -0.495 e. The minimum absolute atomic E-state index is 0.198. The third-order valence-corrected chi connectivity index (χ3v) is 4.94. The molecule has 8 heteroatoms. The van der Waals surface area contributed by atoms with E-state index in [4.69, 9.17) is 9.47 Å². The fourth-order valence-electron chi connectivity index (χ4n) is 2.84. The van der Waals surface area contributed by atoms with Gasteiger partial charge in [-0.1, -0.05) is 36.4 Å². The number of hydrogen-bond donors (Lipinski definition) is 2. The van der Waals surface area contributed by atoms with Crippen LogP contribution in [0.5, 0.6) is 5.75 Å². The molecular formula is C19H22N2O5S. The lowest BCUT2D eigenvalue weighted by Crippen LogP contribution is -2.35. The Morgan fingerprint density at radius 1 is 1.15 bits per heavy atom. The van der Waals surface area contributed by atoms with E-state index in [1.165, 1.54) is 7.11 Å². The zero-order valence-electron chi connectivity index (χ0n) is 15.2.